The lowest BCUT2D eigenvalue weighted by Crippen LogP contribution is -2.41. The Labute approximate surface area is 109 Å². The number of hydrogen-bond acceptors (Lipinski definition) is 4. The average Bonchev–Trinajstić information content (AvgIpc) is 2.38. The topological polar surface area (TPSA) is 72.8 Å². The second-order valence-electron chi connectivity index (χ2n) is 5.03. The molecule has 5 heteroatoms. The van der Waals surface area contributed by atoms with Crippen molar-refractivity contribution in [2.75, 3.05) is 39.4 Å². The molecule has 18 heavy (non-hydrogen) atoms. The molecule has 1 aliphatic carbocycles. The summed E-state index contributed by atoms with van der Waals surface area (Å²) in [6.45, 7) is 1.90. The molecule has 0 aliphatic heterocycles. The highest BCUT2D eigenvalue weighted by Crippen LogP contribution is 2.22. The number of carbonyl (C=O) groups excluding carboxylic acids is 1. The number of carbonyl (C=O) groups is 1. The van der Waals surface area contributed by atoms with E-state index in [1.807, 2.05) is 0 Å². The molecule has 1 rings (SSSR count). The van der Waals surface area contributed by atoms with E-state index in [0.29, 0.717) is 19.0 Å². The van der Waals surface area contributed by atoms with Crippen molar-refractivity contribution in [2.24, 2.45) is 5.92 Å². The fourth-order valence-electron chi connectivity index (χ4n) is 2.46. The lowest BCUT2D eigenvalue weighted by molar-refractivity contribution is -0.122. The van der Waals surface area contributed by atoms with Crippen LogP contribution in [-0.4, -0.2) is 60.4 Å². The van der Waals surface area contributed by atoms with Gasteiger partial charge in [0.15, 0.2) is 0 Å². The smallest absolute Gasteiger partial charge is 0.234 e. The molecule has 0 aromatic rings. The van der Waals surface area contributed by atoms with Gasteiger partial charge in [-0.15, -0.1) is 0 Å². The van der Waals surface area contributed by atoms with Crippen LogP contribution >= 0.6 is 0 Å². The van der Waals surface area contributed by atoms with Gasteiger partial charge in [0.1, 0.15) is 0 Å². The highest BCUT2D eigenvalue weighted by Gasteiger charge is 2.15. The van der Waals surface area contributed by atoms with Crippen molar-refractivity contribution in [1.82, 2.24) is 10.2 Å². The van der Waals surface area contributed by atoms with Gasteiger partial charge in [-0.2, -0.15) is 0 Å². The molecule has 0 bridgehead atoms. The predicted octanol–water partition coefficient (Wildman–Crippen LogP) is -0.0305. The van der Waals surface area contributed by atoms with E-state index in [2.05, 4.69) is 5.32 Å². The van der Waals surface area contributed by atoms with E-state index >= 15 is 0 Å². The summed E-state index contributed by atoms with van der Waals surface area (Å²) in [5.41, 5.74) is 0. The third kappa shape index (κ3) is 6.33. The monoisotopic (exact) mass is 258 g/mol. The average molecular weight is 258 g/mol. The van der Waals surface area contributed by atoms with Gasteiger partial charge in [0.2, 0.25) is 5.91 Å². The van der Waals surface area contributed by atoms with Gasteiger partial charge in [-0.1, -0.05) is 19.3 Å². The Morgan fingerprint density at radius 2 is 1.72 bits per heavy atom. The largest absolute Gasteiger partial charge is 0.395 e. The highest BCUT2D eigenvalue weighted by atomic mass is 16.3. The number of rotatable bonds is 8. The third-order valence-electron chi connectivity index (χ3n) is 3.51. The zero-order chi connectivity index (χ0) is 13.2. The predicted molar refractivity (Wildman–Crippen MR) is 70.2 cm³/mol. The summed E-state index contributed by atoms with van der Waals surface area (Å²) in [4.78, 5) is 13.5. The summed E-state index contributed by atoms with van der Waals surface area (Å²) >= 11 is 0. The standard InChI is InChI=1S/C13H26N2O3/c16-8-6-15(7-9-17)11-13(18)14-10-12-4-2-1-3-5-12/h12,16-17H,1-11H2,(H,14,18). The first kappa shape index (κ1) is 15.4. The van der Waals surface area contributed by atoms with Crippen LogP contribution in [0.5, 0.6) is 0 Å². The van der Waals surface area contributed by atoms with Crippen LogP contribution < -0.4 is 5.32 Å². The van der Waals surface area contributed by atoms with Gasteiger partial charge in [-0.05, 0) is 18.8 Å². The maximum atomic E-state index is 11.7. The molecular weight excluding hydrogens is 232 g/mol. The van der Waals surface area contributed by atoms with Gasteiger partial charge in [-0.25, -0.2) is 0 Å². The molecular formula is C13H26N2O3. The van der Waals surface area contributed by atoms with Crippen molar-refractivity contribution >= 4 is 5.91 Å². The lowest BCUT2D eigenvalue weighted by atomic mass is 9.89. The SMILES string of the molecule is O=C(CN(CCO)CCO)NCC1CCCCC1. The Morgan fingerprint density at radius 3 is 2.28 bits per heavy atom. The van der Waals surface area contributed by atoms with Crippen LogP contribution in [0.2, 0.25) is 0 Å². The van der Waals surface area contributed by atoms with Gasteiger partial charge in [0, 0.05) is 19.6 Å². The van der Waals surface area contributed by atoms with E-state index in [9.17, 15) is 4.79 Å². The van der Waals surface area contributed by atoms with Crippen LogP contribution in [-0.2, 0) is 4.79 Å². The second kappa shape index (κ2) is 9.30. The maximum absolute atomic E-state index is 11.7. The van der Waals surface area contributed by atoms with Gasteiger partial charge < -0.3 is 15.5 Å². The van der Waals surface area contributed by atoms with Gasteiger partial charge in [0.25, 0.3) is 0 Å². The zero-order valence-corrected chi connectivity index (χ0v) is 11.1. The van der Waals surface area contributed by atoms with Crippen molar-refractivity contribution in [1.29, 1.82) is 0 Å². The maximum Gasteiger partial charge on any atom is 0.234 e. The minimum absolute atomic E-state index is 0.00983. The van der Waals surface area contributed by atoms with Gasteiger partial charge in [0.05, 0.1) is 19.8 Å². The van der Waals surface area contributed by atoms with E-state index in [1.165, 1.54) is 32.1 Å². The molecule has 0 saturated heterocycles. The molecule has 0 aromatic heterocycles. The molecule has 0 heterocycles. The van der Waals surface area contributed by atoms with E-state index < -0.39 is 0 Å². The van der Waals surface area contributed by atoms with Crippen molar-refractivity contribution in [3.8, 4) is 0 Å². The van der Waals surface area contributed by atoms with Crippen molar-refractivity contribution in [3.63, 3.8) is 0 Å². The van der Waals surface area contributed by atoms with Crippen LogP contribution in [0.1, 0.15) is 32.1 Å². The molecule has 3 N–H and O–H groups in total. The summed E-state index contributed by atoms with van der Waals surface area (Å²) in [5, 5.41) is 20.7. The number of aliphatic hydroxyl groups is 2. The quantitative estimate of drug-likeness (QED) is 0.572. The van der Waals surface area contributed by atoms with Crippen LogP contribution in [0.25, 0.3) is 0 Å². The first-order valence-corrected chi connectivity index (χ1v) is 6.97. The number of amides is 1. The minimum atomic E-state index is -0.0116. The Bertz CT molecular complexity index is 224. The summed E-state index contributed by atoms with van der Waals surface area (Å²) < 4.78 is 0. The molecule has 1 saturated carbocycles. The lowest BCUT2D eigenvalue weighted by Gasteiger charge is -2.23. The summed E-state index contributed by atoms with van der Waals surface area (Å²) in [5.74, 6) is 0.620. The van der Waals surface area contributed by atoms with E-state index in [-0.39, 0.29) is 25.7 Å². The molecule has 0 atom stereocenters. The molecule has 0 spiro atoms. The Kier molecular flexibility index (Phi) is 7.96. The van der Waals surface area contributed by atoms with Crippen molar-refractivity contribution in [3.05, 3.63) is 0 Å². The van der Waals surface area contributed by atoms with E-state index in [4.69, 9.17) is 10.2 Å². The Hall–Kier alpha value is -0.650. The van der Waals surface area contributed by atoms with E-state index in [0.717, 1.165) is 6.54 Å². The third-order valence-corrected chi connectivity index (χ3v) is 3.51. The molecule has 1 fully saturated rings. The normalized spacial score (nSPS) is 17.1. The fraction of sp³-hybridized carbons (Fsp3) is 0.923. The molecule has 1 amide bonds. The zero-order valence-electron chi connectivity index (χ0n) is 11.1. The van der Waals surface area contributed by atoms with Crippen LogP contribution in [0.4, 0.5) is 0 Å². The van der Waals surface area contributed by atoms with Crippen molar-refractivity contribution in [2.45, 2.75) is 32.1 Å². The number of nitrogens with zero attached hydrogens (tertiary/aromatic N) is 1. The summed E-state index contributed by atoms with van der Waals surface area (Å²) in [6, 6.07) is 0. The second-order valence-corrected chi connectivity index (χ2v) is 5.03. The number of hydrogen-bond donors (Lipinski definition) is 3. The Morgan fingerprint density at radius 1 is 1.11 bits per heavy atom. The first-order chi connectivity index (χ1) is 8.76. The first-order valence-electron chi connectivity index (χ1n) is 6.97. The molecule has 0 aromatic carbocycles. The Balaban J connectivity index is 2.17. The van der Waals surface area contributed by atoms with Crippen LogP contribution in [0.15, 0.2) is 0 Å². The van der Waals surface area contributed by atoms with Crippen molar-refractivity contribution < 1.29 is 15.0 Å². The molecule has 1 aliphatic rings. The molecule has 106 valence electrons. The number of nitrogens with one attached hydrogen (secondary N) is 1. The van der Waals surface area contributed by atoms with Gasteiger partial charge >= 0.3 is 0 Å². The van der Waals surface area contributed by atoms with Crippen LogP contribution in [0, 0.1) is 5.92 Å². The summed E-state index contributed by atoms with van der Waals surface area (Å²) in [7, 11) is 0. The highest BCUT2D eigenvalue weighted by molar-refractivity contribution is 5.78. The van der Waals surface area contributed by atoms with E-state index in [1.54, 1.807) is 4.90 Å². The molecule has 0 radical (unpaired) electrons. The molecule has 5 nitrogen and oxygen atoms in total. The van der Waals surface area contributed by atoms with Gasteiger partial charge in [-0.3, -0.25) is 9.69 Å². The molecule has 0 unspecified atom stereocenters. The van der Waals surface area contributed by atoms with Crippen LogP contribution in [0.3, 0.4) is 0 Å². The summed E-state index contributed by atoms with van der Waals surface area (Å²) in [6.07, 6.45) is 6.32. The fourth-order valence-corrected chi connectivity index (χ4v) is 2.46. The number of aliphatic hydroxyl groups excluding tert-OH is 2. The minimum Gasteiger partial charge on any atom is -0.395 e.